The summed E-state index contributed by atoms with van der Waals surface area (Å²) in [5.41, 5.74) is 0.546. The van der Waals surface area contributed by atoms with E-state index in [2.05, 4.69) is 0 Å². The Labute approximate surface area is 125 Å². The summed E-state index contributed by atoms with van der Waals surface area (Å²) in [6.45, 7) is -0.373. The molecule has 106 valence electrons. The lowest BCUT2D eigenvalue weighted by atomic mass is 10.0. The van der Waals surface area contributed by atoms with Crippen LogP contribution in [0.5, 0.6) is 0 Å². The van der Waals surface area contributed by atoms with E-state index < -0.39 is 24.4 Å². The summed E-state index contributed by atoms with van der Waals surface area (Å²) in [5, 5.41) is 29.6. The molecule has 0 bridgehead atoms. The molecule has 2 rings (SSSR count). The molecule has 0 spiro atoms. The molecule has 3 N–H and O–H groups in total. The van der Waals surface area contributed by atoms with Gasteiger partial charge in [0.1, 0.15) is 24.4 Å². The molecule has 1 aliphatic rings. The average molecular weight is 325 g/mol. The summed E-state index contributed by atoms with van der Waals surface area (Å²) in [6, 6.07) is 3.45. The minimum absolute atomic E-state index is 0.295. The van der Waals surface area contributed by atoms with E-state index in [-0.39, 0.29) is 6.61 Å². The lowest BCUT2D eigenvalue weighted by Gasteiger charge is -2.20. The van der Waals surface area contributed by atoms with Crippen molar-refractivity contribution < 1.29 is 20.1 Å². The van der Waals surface area contributed by atoms with Crippen molar-refractivity contribution in [3.8, 4) is 0 Å². The Kier molecular flexibility index (Phi) is 5.00. The highest BCUT2D eigenvalue weighted by Crippen LogP contribution is 2.43. The number of aliphatic hydroxyl groups is 3. The van der Waals surface area contributed by atoms with E-state index in [0.717, 1.165) is 4.90 Å². The van der Waals surface area contributed by atoms with Gasteiger partial charge >= 0.3 is 0 Å². The van der Waals surface area contributed by atoms with Crippen molar-refractivity contribution in [1.82, 2.24) is 0 Å². The number of thioether (sulfide) groups is 1. The van der Waals surface area contributed by atoms with Crippen LogP contribution in [0.1, 0.15) is 11.7 Å². The molecule has 0 radical (unpaired) electrons. The molecule has 4 nitrogen and oxygen atoms in total. The van der Waals surface area contributed by atoms with Crippen LogP contribution in [0.3, 0.4) is 0 Å². The van der Waals surface area contributed by atoms with Crippen molar-refractivity contribution in [2.75, 3.05) is 12.9 Å². The molecule has 1 fully saturated rings. The van der Waals surface area contributed by atoms with Crippen LogP contribution in [0.25, 0.3) is 0 Å². The smallest absolute Gasteiger partial charge is 0.114 e. The first-order valence-electron chi connectivity index (χ1n) is 5.65. The first kappa shape index (κ1) is 15.4. The van der Waals surface area contributed by atoms with Gasteiger partial charge in [-0.15, -0.1) is 11.8 Å². The normalized spacial score (nSPS) is 30.8. The Bertz CT molecular complexity index is 471. The van der Waals surface area contributed by atoms with Crippen LogP contribution in [0.15, 0.2) is 17.0 Å². The van der Waals surface area contributed by atoms with Gasteiger partial charge in [-0.2, -0.15) is 0 Å². The Morgan fingerprint density at radius 2 is 1.95 bits per heavy atom. The van der Waals surface area contributed by atoms with Crippen LogP contribution in [0.4, 0.5) is 0 Å². The van der Waals surface area contributed by atoms with E-state index in [4.69, 9.17) is 33.0 Å². The molecule has 0 aliphatic carbocycles. The number of halogens is 2. The topological polar surface area (TPSA) is 69.9 Å². The molecule has 1 aromatic carbocycles. The second-order valence-corrected chi connectivity index (χ2v) is 5.87. The van der Waals surface area contributed by atoms with Crippen molar-refractivity contribution >= 4 is 35.0 Å². The van der Waals surface area contributed by atoms with Crippen molar-refractivity contribution in [2.24, 2.45) is 0 Å². The summed E-state index contributed by atoms with van der Waals surface area (Å²) in [4.78, 5) is 0.809. The van der Waals surface area contributed by atoms with Crippen LogP contribution in [-0.4, -0.2) is 46.5 Å². The zero-order valence-corrected chi connectivity index (χ0v) is 12.4. The van der Waals surface area contributed by atoms with Crippen LogP contribution in [0.2, 0.25) is 10.0 Å². The van der Waals surface area contributed by atoms with Gasteiger partial charge in [0, 0.05) is 10.5 Å². The molecular formula is C12H14Cl2O4S. The van der Waals surface area contributed by atoms with Crippen LogP contribution >= 0.6 is 35.0 Å². The van der Waals surface area contributed by atoms with Gasteiger partial charge in [-0.25, -0.2) is 0 Å². The van der Waals surface area contributed by atoms with E-state index in [0.29, 0.717) is 15.6 Å². The minimum atomic E-state index is -1.15. The molecule has 1 saturated heterocycles. The molecule has 7 heteroatoms. The SMILES string of the molecule is CSc1ccc(Cl)c(Cl)c1[C@@H]1O[C@@H](CO)[C@@H](O)[C@H]1O. The molecular weight excluding hydrogens is 311 g/mol. The molecule has 4 atom stereocenters. The van der Waals surface area contributed by atoms with Gasteiger partial charge in [-0.3, -0.25) is 0 Å². The molecule has 1 heterocycles. The van der Waals surface area contributed by atoms with E-state index >= 15 is 0 Å². The van der Waals surface area contributed by atoms with E-state index in [1.165, 1.54) is 11.8 Å². The molecule has 0 saturated carbocycles. The van der Waals surface area contributed by atoms with Crippen molar-refractivity contribution in [2.45, 2.75) is 29.3 Å². The van der Waals surface area contributed by atoms with E-state index in [9.17, 15) is 10.2 Å². The van der Waals surface area contributed by atoms with Crippen molar-refractivity contribution in [1.29, 1.82) is 0 Å². The zero-order chi connectivity index (χ0) is 14.2. The predicted octanol–water partition coefficient (Wildman–Crippen LogP) is 1.87. The summed E-state index contributed by atoms with van der Waals surface area (Å²) >= 11 is 13.6. The molecule has 0 unspecified atom stereocenters. The summed E-state index contributed by atoms with van der Waals surface area (Å²) in [6.07, 6.45) is -2.08. The second-order valence-electron chi connectivity index (χ2n) is 4.24. The van der Waals surface area contributed by atoms with Crippen LogP contribution in [0, 0.1) is 0 Å². The third-order valence-corrected chi connectivity index (χ3v) is 4.75. The Hall–Kier alpha value is -0.0100. The maximum Gasteiger partial charge on any atom is 0.114 e. The van der Waals surface area contributed by atoms with Crippen LogP contribution < -0.4 is 0 Å². The standard InChI is InChI=1S/C12H14Cl2O4S/c1-19-7-3-2-5(13)9(14)8(7)12-11(17)10(16)6(4-15)18-12/h2-3,6,10-12,15-17H,4H2,1H3/t6-,10+,11+,12-/m0/s1. The van der Waals surface area contributed by atoms with Gasteiger partial charge in [-0.05, 0) is 18.4 Å². The van der Waals surface area contributed by atoms with Crippen LogP contribution in [-0.2, 0) is 4.74 Å². The Morgan fingerprint density at radius 3 is 2.47 bits per heavy atom. The number of rotatable bonds is 3. The Morgan fingerprint density at radius 1 is 1.26 bits per heavy atom. The second kappa shape index (κ2) is 6.18. The van der Waals surface area contributed by atoms with Gasteiger partial charge in [-0.1, -0.05) is 23.2 Å². The van der Waals surface area contributed by atoms with E-state index in [1.54, 1.807) is 12.1 Å². The van der Waals surface area contributed by atoms with E-state index in [1.807, 2.05) is 6.26 Å². The number of hydrogen-bond acceptors (Lipinski definition) is 5. The zero-order valence-electron chi connectivity index (χ0n) is 10.1. The van der Waals surface area contributed by atoms with Crippen molar-refractivity contribution in [3.05, 3.63) is 27.7 Å². The fraction of sp³-hybridized carbons (Fsp3) is 0.500. The van der Waals surface area contributed by atoms with Gasteiger partial charge in [0.2, 0.25) is 0 Å². The first-order valence-corrected chi connectivity index (χ1v) is 7.63. The Balaban J connectivity index is 2.44. The van der Waals surface area contributed by atoms with Gasteiger partial charge < -0.3 is 20.1 Å². The monoisotopic (exact) mass is 324 g/mol. The quantitative estimate of drug-likeness (QED) is 0.740. The summed E-state index contributed by atoms with van der Waals surface area (Å²) in [5.74, 6) is 0. The van der Waals surface area contributed by atoms with Gasteiger partial charge in [0.15, 0.2) is 0 Å². The van der Waals surface area contributed by atoms with Gasteiger partial charge in [0.05, 0.1) is 16.7 Å². The highest BCUT2D eigenvalue weighted by Gasteiger charge is 2.44. The van der Waals surface area contributed by atoms with Crippen molar-refractivity contribution in [3.63, 3.8) is 0 Å². The summed E-state index contributed by atoms with van der Waals surface area (Å²) in [7, 11) is 0. The molecule has 1 aliphatic heterocycles. The highest BCUT2D eigenvalue weighted by molar-refractivity contribution is 7.98. The minimum Gasteiger partial charge on any atom is -0.394 e. The number of hydrogen-bond donors (Lipinski definition) is 3. The molecule has 0 amide bonds. The summed E-state index contributed by atoms with van der Waals surface area (Å²) < 4.78 is 5.49. The lowest BCUT2D eigenvalue weighted by Crippen LogP contribution is -2.32. The molecule has 0 aromatic heterocycles. The predicted molar refractivity (Wildman–Crippen MR) is 75.0 cm³/mol. The average Bonchev–Trinajstić information content (AvgIpc) is 2.69. The fourth-order valence-electron chi connectivity index (χ4n) is 2.13. The molecule has 1 aromatic rings. The maximum atomic E-state index is 10.1. The third kappa shape index (κ3) is 2.74. The third-order valence-electron chi connectivity index (χ3n) is 3.14. The van der Waals surface area contributed by atoms with Gasteiger partial charge in [0.25, 0.3) is 0 Å². The molecule has 19 heavy (non-hydrogen) atoms. The highest BCUT2D eigenvalue weighted by atomic mass is 35.5. The first-order chi connectivity index (χ1) is 9.01. The fourth-order valence-corrected chi connectivity index (χ4v) is 3.27. The number of ether oxygens (including phenoxy) is 1. The lowest BCUT2D eigenvalue weighted by molar-refractivity contribution is -0.0234. The maximum absolute atomic E-state index is 10.1. The number of aliphatic hydroxyl groups excluding tert-OH is 3. The number of benzene rings is 1. The largest absolute Gasteiger partial charge is 0.394 e.